The molecule has 242 valence electrons. The van der Waals surface area contributed by atoms with E-state index in [4.69, 9.17) is 28.0 Å². The van der Waals surface area contributed by atoms with Crippen molar-refractivity contribution in [1.29, 1.82) is 0 Å². The number of carbonyl (C=O) groups excluding carboxylic acids is 1. The Bertz CT molecular complexity index is 1570. The van der Waals surface area contributed by atoms with Crippen molar-refractivity contribution in [2.75, 3.05) is 18.4 Å². The Kier molecular flexibility index (Phi) is 11.0. The van der Waals surface area contributed by atoms with Gasteiger partial charge in [0.15, 0.2) is 0 Å². The molecule has 0 spiro atoms. The van der Waals surface area contributed by atoms with E-state index in [1.54, 1.807) is 0 Å². The number of nitrogens with zero attached hydrogens (tertiary/aromatic N) is 1. The number of anilines is 1. The highest BCUT2D eigenvalue weighted by Crippen LogP contribution is 2.35. The number of halogens is 2. The SMILES string of the molecule is O=C(O)C(CNC(=O)C1CC(CCCCNc2nc3c([nH]2)CCCC3)ON1)NS(=O)(=O)c1c(Cl)cc(-c2ccccc2)cc1Cl. The molecule has 3 atom stereocenters. The summed E-state index contributed by atoms with van der Waals surface area (Å²) in [7, 11) is -4.47. The largest absolute Gasteiger partial charge is 0.480 e. The molecule has 2 heterocycles. The molecule has 3 aromatic rings. The molecule has 1 saturated heterocycles. The Balaban J connectivity index is 1.07. The van der Waals surface area contributed by atoms with Crippen LogP contribution in [0.15, 0.2) is 47.4 Å². The maximum Gasteiger partial charge on any atom is 0.323 e. The number of aromatic nitrogens is 2. The molecule has 15 heteroatoms. The minimum Gasteiger partial charge on any atom is -0.480 e. The number of amides is 1. The Morgan fingerprint density at radius 2 is 1.80 bits per heavy atom. The number of fused-ring (bicyclic) bond motifs is 1. The number of hydrogen-bond donors (Lipinski definition) is 6. The molecule has 1 aliphatic heterocycles. The predicted molar refractivity (Wildman–Crippen MR) is 171 cm³/mol. The topological polar surface area (TPSA) is 175 Å². The first kappa shape index (κ1) is 33.2. The Morgan fingerprint density at radius 3 is 2.51 bits per heavy atom. The van der Waals surface area contributed by atoms with Crippen LogP contribution in [-0.4, -0.2) is 66.6 Å². The first-order chi connectivity index (χ1) is 21.6. The molecule has 2 aromatic carbocycles. The van der Waals surface area contributed by atoms with E-state index in [0.717, 1.165) is 55.9 Å². The third-order valence-corrected chi connectivity index (χ3v) is 10.2. The van der Waals surface area contributed by atoms with Crippen LogP contribution in [0.25, 0.3) is 11.1 Å². The van der Waals surface area contributed by atoms with Gasteiger partial charge in [-0.3, -0.25) is 14.4 Å². The minimum absolute atomic E-state index is 0.171. The highest BCUT2D eigenvalue weighted by Gasteiger charge is 2.33. The van der Waals surface area contributed by atoms with Crippen molar-refractivity contribution in [2.24, 2.45) is 0 Å². The highest BCUT2D eigenvalue weighted by atomic mass is 35.5. The van der Waals surface area contributed by atoms with Gasteiger partial charge in [-0.05, 0) is 68.2 Å². The van der Waals surface area contributed by atoms with Gasteiger partial charge >= 0.3 is 5.97 Å². The third kappa shape index (κ3) is 8.54. The van der Waals surface area contributed by atoms with E-state index in [2.05, 4.69) is 30.8 Å². The van der Waals surface area contributed by atoms with Crippen LogP contribution in [0.1, 0.15) is 49.9 Å². The number of carboxylic acid groups (broad SMARTS) is 1. The molecule has 6 N–H and O–H groups in total. The normalized spacial score (nSPS) is 18.7. The van der Waals surface area contributed by atoms with Gasteiger partial charge < -0.3 is 20.7 Å². The number of H-pyrrole nitrogens is 1. The van der Waals surface area contributed by atoms with Gasteiger partial charge in [-0.1, -0.05) is 53.5 Å². The molecule has 1 aliphatic carbocycles. The Labute approximate surface area is 271 Å². The molecule has 0 radical (unpaired) electrons. The van der Waals surface area contributed by atoms with Crippen LogP contribution in [0.3, 0.4) is 0 Å². The van der Waals surface area contributed by atoms with E-state index in [0.29, 0.717) is 12.0 Å². The standard InChI is InChI=1S/C30H36Cl2N6O6S/c31-21-14-19(18-8-2-1-3-9-18)15-22(32)27(21)45(42,43)38-26(29(40)41)17-34-28(39)25-16-20(44-37-25)10-6-7-13-33-30-35-23-11-4-5-12-24(23)36-30/h1-3,8-9,14-15,20,25-26,37-38H,4-7,10-13,16-17H2,(H,34,39)(H,40,41)(H2,33,35,36). The zero-order valence-electron chi connectivity index (χ0n) is 24.4. The molecule has 0 bridgehead atoms. The van der Waals surface area contributed by atoms with Crippen molar-refractivity contribution < 1.29 is 28.0 Å². The molecule has 3 unspecified atom stereocenters. The van der Waals surface area contributed by atoms with Crippen molar-refractivity contribution >= 4 is 51.0 Å². The molecule has 0 saturated carbocycles. The number of aliphatic carboxylic acids is 1. The highest BCUT2D eigenvalue weighted by molar-refractivity contribution is 7.89. The van der Waals surface area contributed by atoms with Crippen molar-refractivity contribution in [3.63, 3.8) is 0 Å². The average molecular weight is 680 g/mol. The van der Waals surface area contributed by atoms with E-state index >= 15 is 0 Å². The number of sulfonamides is 1. The van der Waals surface area contributed by atoms with Crippen LogP contribution >= 0.6 is 23.2 Å². The van der Waals surface area contributed by atoms with Crippen LogP contribution < -0.4 is 20.8 Å². The molecule has 5 rings (SSSR count). The second-order valence-corrected chi connectivity index (χ2v) is 13.6. The summed E-state index contributed by atoms with van der Waals surface area (Å²) in [5.41, 5.74) is 6.46. The summed E-state index contributed by atoms with van der Waals surface area (Å²) in [5.74, 6) is -1.18. The number of aromatic amines is 1. The Hall–Kier alpha value is -3.20. The van der Waals surface area contributed by atoms with Gasteiger partial charge in [0.1, 0.15) is 17.0 Å². The van der Waals surface area contributed by atoms with E-state index in [1.165, 1.54) is 30.7 Å². The smallest absolute Gasteiger partial charge is 0.323 e. The summed E-state index contributed by atoms with van der Waals surface area (Å²) < 4.78 is 28.4. The molecular weight excluding hydrogens is 643 g/mol. The summed E-state index contributed by atoms with van der Waals surface area (Å²) in [5, 5.41) is 15.2. The number of hydrogen-bond acceptors (Lipinski definition) is 8. The van der Waals surface area contributed by atoms with E-state index in [1.807, 2.05) is 30.3 Å². The van der Waals surface area contributed by atoms with E-state index in [-0.39, 0.29) is 16.1 Å². The maximum atomic E-state index is 13.2. The monoisotopic (exact) mass is 678 g/mol. The number of benzene rings is 2. The van der Waals surface area contributed by atoms with Crippen molar-refractivity contribution in [2.45, 2.75) is 74.4 Å². The molecule has 2 aliphatic rings. The van der Waals surface area contributed by atoms with Crippen LogP contribution in [0.4, 0.5) is 5.95 Å². The quantitative estimate of drug-likeness (QED) is 0.137. The minimum atomic E-state index is -4.47. The number of carbonyl (C=O) groups is 2. The van der Waals surface area contributed by atoms with Gasteiger partial charge in [0, 0.05) is 25.2 Å². The fourth-order valence-corrected chi connectivity index (χ4v) is 7.89. The van der Waals surface area contributed by atoms with Crippen molar-refractivity contribution in [3.05, 3.63) is 63.9 Å². The first-order valence-corrected chi connectivity index (χ1v) is 17.1. The predicted octanol–water partition coefficient (Wildman–Crippen LogP) is 4.05. The summed E-state index contributed by atoms with van der Waals surface area (Å²) in [4.78, 5) is 37.8. The number of nitrogens with one attached hydrogen (secondary N) is 5. The van der Waals surface area contributed by atoms with Gasteiger partial charge in [-0.2, -0.15) is 10.2 Å². The van der Waals surface area contributed by atoms with Gasteiger partial charge in [-0.15, -0.1) is 0 Å². The van der Waals surface area contributed by atoms with Crippen LogP contribution in [0.2, 0.25) is 10.0 Å². The average Bonchev–Trinajstić information content (AvgIpc) is 3.66. The lowest BCUT2D eigenvalue weighted by molar-refractivity contribution is -0.139. The van der Waals surface area contributed by atoms with Crippen molar-refractivity contribution in [3.8, 4) is 11.1 Å². The molecule has 45 heavy (non-hydrogen) atoms. The number of imidazole rings is 1. The number of unbranched alkanes of at least 4 members (excludes halogenated alkanes) is 1. The number of aryl methyl sites for hydroxylation is 2. The molecule has 1 amide bonds. The Morgan fingerprint density at radius 1 is 1.07 bits per heavy atom. The lowest BCUT2D eigenvalue weighted by Crippen LogP contribution is -2.51. The second-order valence-electron chi connectivity index (χ2n) is 11.2. The first-order valence-electron chi connectivity index (χ1n) is 14.9. The fourth-order valence-electron chi connectivity index (χ4n) is 5.48. The lowest BCUT2D eigenvalue weighted by atomic mass is 10.0. The number of hydroxylamine groups is 1. The maximum absolute atomic E-state index is 13.2. The van der Waals surface area contributed by atoms with Crippen molar-refractivity contribution in [1.82, 2.24) is 25.5 Å². The molecule has 1 fully saturated rings. The summed E-state index contributed by atoms with van der Waals surface area (Å²) in [6.45, 7) is 0.256. The van der Waals surface area contributed by atoms with Crippen LogP contribution in [0.5, 0.6) is 0 Å². The fraction of sp³-hybridized carbons (Fsp3) is 0.433. The zero-order chi connectivity index (χ0) is 32.0. The second kappa shape index (κ2) is 14.9. The van der Waals surface area contributed by atoms with E-state index < -0.39 is 45.4 Å². The summed E-state index contributed by atoms with van der Waals surface area (Å²) in [6.07, 6.45) is 7.15. The third-order valence-electron chi connectivity index (χ3n) is 7.84. The summed E-state index contributed by atoms with van der Waals surface area (Å²) >= 11 is 12.6. The summed E-state index contributed by atoms with van der Waals surface area (Å²) in [6, 6.07) is 9.60. The zero-order valence-corrected chi connectivity index (χ0v) is 26.8. The number of carboxylic acids is 1. The van der Waals surface area contributed by atoms with Gasteiger partial charge in [0.05, 0.1) is 21.8 Å². The number of rotatable bonds is 14. The van der Waals surface area contributed by atoms with E-state index in [9.17, 15) is 23.1 Å². The van der Waals surface area contributed by atoms with Crippen LogP contribution in [-0.2, 0) is 37.3 Å². The molecule has 1 aromatic heterocycles. The van der Waals surface area contributed by atoms with Gasteiger partial charge in [0.2, 0.25) is 21.9 Å². The molecular formula is C30H36Cl2N6O6S. The van der Waals surface area contributed by atoms with Gasteiger partial charge in [0.25, 0.3) is 0 Å². The van der Waals surface area contributed by atoms with Crippen LogP contribution in [0, 0.1) is 0 Å². The lowest BCUT2D eigenvalue weighted by Gasteiger charge is -2.18. The van der Waals surface area contributed by atoms with Gasteiger partial charge in [-0.25, -0.2) is 13.4 Å². The molecule has 12 nitrogen and oxygen atoms in total.